The fourth-order valence-electron chi connectivity index (χ4n) is 0.818. The zero-order valence-electron chi connectivity index (χ0n) is 8.08. The van der Waals surface area contributed by atoms with Crippen molar-refractivity contribution in [2.24, 2.45) is 11.5 Å². The van der Waals surface area contributed by atoms with E-state index in [9.17, 15) is 4.79 Å². The summed E-state index contributed by atoms with van der Waals surface area (Å²) in [7, 11) is 1.87. The summed E-state index contributed by atoms with van der Waals surface area (Å²) in [4.78, 5) is 12.6. The van der Waals surface area contributed by atoms with Crippen molar-refractivity contribution in [1.29, 1.82) is 0 Å². The monoisotopic (exact) mass is 173 g/mol. The smallest absolute Gasteiger partial charge is 0.234 e. The van der Waals surface area contributed by atoms with Gasteiger partial charge in [0.05, 0.1) is 6.04 Å². The summed E-state index contributed by atoms with van der Waals surface area (Å²) in [6.07, 6.45) is 0.883. The van der Waals surface area contributed by atoms with Crippen LogP contribution in [-0.4, -0.2) is 36.5 Å². The second-order valence-corrected chi connectivity index (χ2v) is 3.32. The molecule has 1 amide bonds. The second-order valence-electron chi connectivity index (χ2n) is 3.32. The first-order chi connectivity index (χ1) is 5.45. The van der Waals surface area contributed by atoms with Crippen LogP contribution in [0.4, 0.5) is 0 Å². The molecule has 0 saturated heterocycles. The van der Waals surface area contributed by atoms with Crippen molar-refractivity contribution < 1.29 is 4.79 Å². The Kier molecular flexibility index (Phi) is 4.85. The number of nitrogens with zero attached hydrogens (tertiary/aromatic N) is 1. The third-order valence-corrected chi connectivity index (χ3v) is 2.01. The van der Waals surface area contributed by atoms with Gasteiger partial charge in [0.2, 0.25) is 5.91 Å². The Morgan fingerprint density at radius 1 is 1.50 bits per heavy atom. The van der Waals surface area contributed by atoms with E-state index in [2.05, 4.69) is 0 Å². The number of nitrogens with two attached hydrogens (primary N) is 2. The summed E-state index contributed by atoms with van der Waals surface area (Å²) < 4.78 is 0. The van der Waals surface area contributed by atoms with Crippen LogP contribution in [0.1, 0.15) is 20.3 Å². The number of carbonyl (C=O) groups is 1. The minimum Gasteiger partial charge on any atom is -0.368 e. The molecule has 2 unspecified atom stereocenters. The molecule has 4 nitrogen and oxygen atoms in total. The molecule has 0 fully saturated rings. The van der Waals surface area contributed by atoms with E-state index in [1.807, 2.05) is 18.9 Å². The van der Waals surface area contributed by atoms with Gasteiger partial charge < -0.3 is 11.5 Å². The summed E-state index contributed by atoms with van der Waals surface area (Å²) >= 11 is 0. The van der Waals surface area contributed by atoms with Crippen LogP contribution in [0.3, 0.4) is 0 Å². The molecule has 0 spiro atoms. The first kappa shape index (κ1) is 11.4. The predicted octanol–water partition coefficient (Wildman–Crippen LogP) is -0.471. The predicted molar refractivity (Wildman–Crippen MR) is 49.6 cm³/mol. The van der Waals surface area contributed by atoms with Crippen LogP contribution >= 0.6 is 0 Å². The molecule has 0 aromatic carbocycles. The molecule has 12 heavy (non-hydrogen) atoms. The minimum absolute atomic E-state index is 0.174. The maximum Gasteiger partial charge on any atom is 0.234 e. The highest BCUT2D eigenvalue weighted by Gasteiger charge is 2.14. The Morgan fingerprint density at radius 2 is 2.00 bits per heavy atom. The number of amides is 1. The van der Waals surface area contributed by atoms with Crippen LogP contribution in [0.5, 0.6) is 0 Å². The molecule has 4 N–H and O–H groups in total. The summed E-state index contributed by atoms with van der Waals surface area (Å²) in [5.41, 5.74) is 10.7. The van der Waals surface area contributed by atoms with Gasteiger partial charge in [-0.1, -0.05) is 0 Å². The maximum atomic E-state index is 10.7. The molecule has 72 valence electrons. The zero-order chi connectivity index (χ0) is 9.72. The molecule has 0 bridgehead atoms. The largest absolute Gasteiger partial charge is 0.368 e. The Balaban J connectivity index is 3.71. The summed E-state index contributed by atoms with van der Waals surface area (Å²) in [5.74, 6) is -0.290. The lowest BCUT2D eigenvalue weighted by atomic mass is 10.2. The van der Waals surface area contributed by atoms with Gasteiger partial charge in [0.1, 0.15) is 0 Å². The lowest BCUT2D eigenvalue weighted by Gasteiger charge is -2.22. The number of carbonyl (C=O) groups excluding carboxylic acids is 1. The van der Waals surface area contributed by atoms with Crippen molar-refractivity contribution in [1.82, 2.24) is 4.90 Å². The van der Waals surface area contributed by atoms with Gasteiger partial charge in [-0.2, -0.15) is 0 Å². The van der Waals surface area contributed by atoms with Crippen LogP contribution in [0.25, 0.3) is 0 Å². The molecule has 2 atom stereocenters. The summed E-state index contributed by atoms with van der Waals surface area (Å²) in [5, 5.41) is 0. The standard InChI is InChI=1S/C8H19N3O/c1-6(9)4-5-11(3)7(2)8(10)12/h6-7H,4-5,9H2,1-3H3,(H2,10,12). The van der Waals surface area contributed by atoms with E-state index in [1.54, 1.807) is 6.92 Å². The van der Waals surface area contributed by atoms with Gasteiger partial charge in [0, 0.05) is 12.6 Å². The van der Waals surface area contributed by atoms with Gasteiger partial charge >= 0.3 is 0 Å². The quantitative estimate of drug-likeness (QED) is 0.590. The van der Waals surface area contributed by atoms with E-state index in [0.717, 1.165) is 13.0 Å². The van der Waals surface area contributed by atoms with E-state index >= 15 is 0 Å². The van der Waals surface area contributed by atoms with E-state index in [0.29, 0.717) is 0 Å². The number of rotatable bonds is 5. The lowest BCUT2D eigenvalue weighted by Crippen LogP contribution is -2.41. The SMILES string of the molecule is CC(N)CCN(C)C(C)C(N)=O. The fraction of sp³-hybridized carbons (Fsp3) is 0.875. The highest BCUT2D eigenvalue weighted by atomic mass is 16.1. The van der Waals surface area contributed by atoms with Crippen molar-refractivity contribution in [2.75, 3.05) is 13.6 Å². The molecule has 0 aliphatic carbocycles. The molecule has 4 heteroatoms. The van der Waals surface area contributed by atoms with E-state index in [-0.39, 0.29) is 18.0 Å². The molecule has 0 aromatic heterocycles. The summed E-state index contributed by atoms with van der Waals surface area (Å²) in [6.45, 7) is 4.55. The van der Waals surface area contributed by atoms with Crippen LogP contribution in [0, 0.1) is 0 Å². The molecule has 0 rings (SSSR count). The highest BCUT2D eigenvalue weighted by molar-refractivity contribution is 5.79. The van der Waals surface area contributed by atoms with Gasteiger partial charge in [0.15, 0.2) is 0 Å². The number of hydrogen-bond donors (Lipinski definition) is 2. The first-order valence-corrected chi connectivity index (χ1v) is 4.20. The summed E-state index contributed by atoms with van der Waals surface area (Å²) in [6, 6.07) is -0.0312. The van der Waals surface area contributed by atoms with Gasteiger partial charge in [-0.3, -0.25) is 9.69 Å². The second kappa shape index (κ2) is 5.11. The third kappa shape index (κ3) is 4.31. The van der Waals surface area contributed by atoms with E-state index in [4.69, 9.17) is 11.5 Å². The normalized spacial score (nSPS) is 16.1. The Morgan fingerprint density at radius 3 is 2.33 bits per heavy atom. The Bertz CT molecular complexity index is 147. The van der Waals surface area contributed by atoms with Crippen LogP contribution in [0.2, 0.25) is 0 Å². The van der Waals surface area contributed by atoms with Crippen LogP contribution in [0.15, 0.2) is 0 Å². The molecular formula is C8H19N3O. The Labute approximate surface area is 73.9 Å². The van der Waals surface area contributed by atoms with Crippen LogP contribution < -0.4 is 11.5 Å². The van der Waals surface area contributed by atoms with E-state index < -0.39 is 0 Å². The zero-order valence-corrected chi connectivity index (χ0v) is 8.08. The maximum absolute atomic E-state index is 10.7. The molecule has 0 aromatic rings. The van der Waals surface area contributed by atoms with Gasteiger partial charge in [-0.15, -0.1) is 0 Å². The van der Waals surface area contributed by atoms with Gasteiger partial charge in [-0.05, 0) is 27.3 Å². The van der Waals surface area contributed by atoms with Crippen molar-refractivity contribution in [3.63, 3.8) is 0 Å². The van der Waals surface area contributed by atoms with Crippen LogP contribution in [-0.2, 0) is 4.79 Å². The molecule has 0 aliphatic rings. The van der Waals surface area contributed by atoms with Gasteiger partial charge in [0.25, 0.3) is 0 Å². The number of hydrogen-bond acceptors (Lipinski definition) is 3. The fourth-order valence-corrected chi connectivity index (χ4v) is 0.818. The van der Waals surface area contributed by atoms with E-state index in [1.165, 1.54) is 0 Å². The molecule has 0 radical (unpaired) electrons. The molecule has 0 saturated carbocycles. The van der Waals surface area contributed by atoms with Gasteiger partial charge in [-0.25, -0.2) is 0 Å². The number of likely N-dealkylation sites (N-methyl/N-ethyl adjacent to an activating group) is 1. The van der Waals surface area contributed by atoms with Crippen molar-refractivity contribution in [3.05, 3.63) is 0 Å². The van der Waals surface area contributed by atoms with Crippen molar-refractivity contribution in [2.45, 2.75) is 32.4 Å². The van der Waals surface area contributed by atoms with Crippen molar-refractivity contribution >= 4 is 5.91 Å². The average Bonchev–Trinajstić information content (AvgIpc) is 1.98. The Hall–Kier alpha value is -0.610. The molecule has 0 aliphatic heterocycles. The minimum atomic E-state index is -0.290. The first-order valence-electron chi connectivity index (χ1n) is 4.20. The van der Waals surface area contributed by atoms with Crippen molar-refractivity contribution in [3.8, 4) is 0 Å². The molecule has 0 heterocycles. The topological polar surface area (TPSA) is 72.3 Å². The highest BCUT2D eigenvalue weighted by Crippen LogP contribution is 1.97. The lowest BCUT2D eigenvalue weighted by molar-refractivity contribution is -0.122. The molecular weight excluding hydrogens is 154 g/mol. The third-order valence-electron chi connectivity index (χ3n) is 2.01. The number of primary amides is 1. The average molecular weight is 173 g/mol.